The van der Waals surface area contributed by atoms with Crippen LogP contribution in [0.5, 0.6) is 0 Å². The largest absolute Gasteiger partial charge is 0.354 e. The van der Waals surface area contributed by atoms with Gasteiger partial charge in [0, 0.05) is 37.6 Å². The van der Waals surface area contributed by atoms with E-state index in [0.717, 1.165) is 19.4 Å². The van der Waals surface area contributed by atoms with Crippen LogP contribution in [0.1, 0.15) is 65.2 Å². The normalized spacial score (nSPS) is 30.8. The predicted octanol–water partition coefficient (Wildman–Crippen LogP) is 2.16. The first-order chi connectivity index (χ1) is 11.6. The van der Waals surface area contributed by atoms with Crippen LogP contribution in [0.25, 0.3) is 0 Å². The van der Waals surface area contributed by atoms with Gasteiger partial charge in [-0.15, -0.1) is 0 Å². The van der Waals surface area contributed by atoms with Crippen LogP contribution in [-0.2, 0) is 9.59 Å². The van der Waals surface area contributed by atoms with Gasteiger partial charge in [-0.3, -0.25) is 14.5 Å². The van der Waals surface area contributed by atoms with E-state index in [0.29, 0.717) is 37.6 Å². The molecular weight excluding hydrogens is 302 g/mol. The first-order valence-corrected chi connectivity index (χ1v) is 9.89. The Kier molecular flexibility index (Phi) is 5.80. The Bertz CT molecular complexity index is 462. The zero-order valence-corrected chi connectivity index (χ0v) is 15.3. The number of amides is 2. The van der Waals surface area contributed by atoms with E-state index in [4.69, 9.17) is 0 Å². The molecule has 0 unspecified atom stereocenters. The number of hydrogen-bond acceptors (Lipinski definition) is 3. The Balaban J connectivity index is 1.46. The lowest BCUT2D eigenvalue weighted by molar-refractivity contribution is -0.130. The van der Waals surface area contributed by atoms with Gasteiger partial charge in [-0.25, -0.2) is 0 Å². The van der Waals surface area contributed by atoms with Crippen molar-refractivity contribution in [2.45, 2.75) is 83.3 Å². The maximum atomic E-state index is 12.5. The first kappa shape index (κ1) is 17.7. The molecule has 0 radical (unpaired) electrons. The molecule has 0 aromatic carbocycles. The lowest BCUT2D eigenvalue weighted by Gasteiger charge is -2.38. The van der Waals surface area contributed by atoms with E-state index in [1.807, 2.05) is 4.90 Å². The van der Waals surface area contributed by atoms with Crippen molar-refractivity contribution < 1.29 is 9.59 Å². The molecule has 2 heterocycles. The third kappa shape index (κ3) is 3.93. The highest BCUT2D eigenvalue weighted by Crippen LogP contribution is 2.29. The smallest absolute Gasteiger partial charge is 0.225 e. The van der Waals surface area contributed by atoms with Crippen LogP contribution in [0, 0.1) is 5.92 Å². The number of likely N-dealkylation sites (tertiary alicyclic amines) is 2. The summed E-state index contributed by atoms with van der Waals surface area (Å²) >= 11 is 0. The summed E-state index contributed by atoms with van der Waals surface area (Å²) in [5.74, 6) is 0.101. The fraction of sp³-hybridized carbons (Fsp3) is 0.895. The summed E-state index contributed by atoms with van der Waals surface area (Å²) in [4.78, 5) is 29.2. The molecule has 1 aliphatic carbocycles. The van der Waals surface area contributed by atoms with E-state index < -0.39 is 0 Å². The molecule has 0 bridgehead atoms. The average molecular weight is 335 g/mol. The van der Waals surface area contributed by atoms with Gasteiger partial charge >= 0.3 is 0 Å². The van der Waals surface area contributed by atoms with Gasteiger partial charge in [-0.1, -0.05) is 19.3 Å². The Morgan fingerprint density at radius 3 is 2.62 bits per heavy atom. The third-order valence-electron chi connectivity index (χ3n) is 6.29. The minimum absolute atomic E-state index is 0.0698. The highest BCUT2D eigenvalue weighted by Gasteiger charge is 2.38. The predicted molar refractivity (Wildman–Crippen MR) is 94.6 cm³/mol. The zero-order valence-electron chi connectivity index (χ0n) is 15.3. The van der Waals surface area contributed by atoms with Crippen molar-refractivity contribution in [1.29, 1.82) is 0 Å². The molecule has 2 aliphatic heterocycles. The Morgan fingerprint density at radius 1 is 1.21 bits per heavy atom. The van der Waals surface area contributed by atoms with E-state index in [1.54, 1.807) is 0 Å². The first-order valence-electron chi connectivity index (χ1n) is 9.89. The molecule has 2 amide bonds. The summed E-state index contributed by atoms with van der Waals surface area (Å²) in [6.45, 7) is 6.94. The van der Waals surface area contributed by atoms with E-state index >= 15 is 0 Å². The van der Waals surface area contributed by atoms with E-state index in [9.17, 15) is 9.59 Å². The summed E-state index contributed by atoms with van der Waals surface area (Å²) in [5.41, 5.74) is 0. The van der Waals surface area contributed by atoms with Crippen LogP contribution in [0.4, 0.5) is 0 Å². The molecule has 0 spiro atoms. The monoisotopic (exact) mass is 335 g/mol. The highest BCUT2D eigenvalue weighted by atomic mass is 16.2. The lowest BCUT2D eigenvalue weighted by Crippen LogP contribution is -2.49. The molecule has 0 aromatic heterocycles. The van der Waals surface area contributed by atoms with Crippen molar-refractivity contribution in [3.63, 3.8) is 0 Å². The second-order valence-corrected chi connectivity index (χ2v) is 8.06. The van der Waals surface area contributed by atoms with Crippen molar-refractivity contribution in [2.75, 3.05) is 19.6 Å². The minimum atomic E-state index is -0.149. The van der Waals surface area contributed by atoms with Crippen LogP contribution in [-0.4, -0.2) is 59.4 Å². The molecule has 5 heteroatoms. The molecule has 24 heavy (non-hydrogen) atoms. The fourth-order valence-corrected chi connectivity index (χ4v) is 4.76. The number of nitrogens with one attached hydrogen (secondary N) is 1. The molecule has 3 fully saturated rings. The van der Waals surface area contributed by atoms with Crippen LogP contribution >= 0.6 is 0 Å². The number of carbonyl (C=O) groups is 2. The van der Waals surface area contributed by atoms with Gasteiger partial charge in [0.1, 0.15) is 0 Å². The fourth-order valence-electron chi connectivity index (χ4n) is 4.76. The van der Waals surface area contributed by atoms with Crippen molar-refractivity contribution in [3.05, 3.63) is 0 Å². The molecule has 1 saturated carbocycles. The van der Waals surface area contributed by atoms with Crippen LogP contribution in [0.2, 0.25) is 0 Å². The number of carbonyl (C=O) groups excluding carboxylic acids is 2. The van der Waals surface area contributed by atoms with Gasteiger partial charge in [-0.05, 0) is 46.1 Å². The van der Waals surface area contributed by atoms with E-state index in [-0.39, 0.29) is 17.7 Å². The standard InChI is InChI=1S/C19H33N3O2/c1-14-7-5-6-10-21(14)15(2)12-20-19(24)16-11-18(23)22(13-16)17-8-3-4-9-17/h14-17H,3-13H2,1-2H3,(H,20,24)/t14-,15-,16+/m1/s1. The second-order valence-electron chi connectivity index (χ2n) is 8.06. The topological polar surface area (TPSA) is 52.7 Å². The quantitative estimate of drug-likeness (QED) is 0.838. The molecule has 1 N–H and O–H groups in total. The van der Waals surface area contributed by atoms with Crippen molar-refractivity contribution >= 4 is 11.8 Å². The molecule has 5 nitrogen and oxygen atoms in total. The third-order valence-corrected chi connectivity index (χ3v) is 6.29. The lowest BCUT2D eigenvalue weighted by atomic mass is 10.0. The van der Waals surface area contributed by atoms with Gasteiger partial charge in [0.15, 0.2) is 0 Å². The summed E-state index contributed by atoms with van der Waals surface area (Å²) in [7, 11) is 0. The molecule has 0 aromatic rings. The SMILES string of the molecule is C[C@@H]1CCCCN1[C@H](C)CNC(=O)[C@H]1CC(=O)N(C2CCCC2)C1. The van der Waals surface area contributed by atoms with Crippen LogP contribution in [0.3, 0.4) is 0 Å². The zero-order chi connectivity index (χ0) is 17.1. The average Bonchev–Trinajstić information content (AvgIpc) is 3.22. The van der Waals surface area contributed by atoms with Gasteiger partial charge < -0.3 is 10.2 Å². The van der Waals surface area contributed by atoms with Gasteiger partial charge in [0.05, 0.1) is 5.92 Å². The summed E-state index contributed by atoms with van der Waals surface area (Å²) in [6.07, 6.45) is 8.90. The van der Waals surface area contributed by atoms with E-state index in [1.165, 1.54) is 32.1 Å². The summed E-state index contributed by atoms with van der Waals surface area (Å²) < 4.78 is 0. The molecule has 3 rings (SSSR count). The molecular formula is C19H33N3O2. The van der Waals surface area contributed by atoms with Crippen molar-refractivity contribution in [2.24, 2.45) is 5.92 Å². The van der Waals surface area contributed by atoms with Gasteiger partial charge in [-0.2, -0.15) is 0 Å². The molecule has 3 atom stereocenters. The van der Waals surface area contributed by atoms with Crippen LogP contribution < -0.4 is 5.32 Å². The van der Waals surface area contributed by atoms with Crippen molar-refractivity contribution in [1.82, 2.24) is 15.1 Å². The number of hydrogen-bond donors (Lipinski definition) is 1. The molecule has 136 valence electrons. The Morgan fingerprint density at radius 2 is 1.92 bits per heavy atom. The Hall–Kier alpha value is -1.10. The highest BCUT2D eigenvalue weighted by molar-refractivity contribution is 5.89. The van der Waals surface area contributed by atoms with Gasteiger partial charge in [0.25, 0.3) is 0 Å². The van der Waals surface area contributed by atoms with Crippen LogP contribution in [0.15, 0.2) is 0 Å². The Labute approximate surface area is 146 Å². The second kappa shape index (κ2) is 7.85. The maximum absolute atomic E-state index is 12.5. The van der Waals surface area contributed by atoms with E-state index in [2.05, 4.69) is 24.1 Å². The van der Waals surface area contributed by atoms with Crippen molar-refractivity contribution in [3.8, 4) is 0 Å². The number of rotatable bonds is 5. The summed E-state index contributed by atoms with van der Waals surface area (Å²) in [6, 6.07) is 1.37. The minimum Gasteiger partial charge on any atom is -0.354 e. The number of piperidine rings is 1. The molecule has 3 aliphatic rings. The van der Waals surface area contributed by atoms with Gasteiger partial charge in [0.2, 0.25) is 11.8 Å². The summed E-state index contributed by atoms with van der Waals surface area (Å²) in [5, 5.41) is 3.11. The molecule has 2 saturated heterocycles. The maximum Gasteiger partial charge on any atom is 0.225 e. The number of nitrogens with zero attached hydrogens (tertiary/aromatic N) is 2.